The highest BCUT2D eigenvalue weighted by atomic mass is 35.5. The number of nitro benzene ring substituents is 2. The van der Waals surface area contributed by atoms with Crippen LogP contribution in [-0.2, 0) is 9.31 Å². The maximum Gasteiger partial charge on any atom is 0.490 e. The molecule has 14 nitrogen and oxygen atoms in total. The minimum absolute atomic E-state index is 0. The molecule has 0 atom stereocenters. The maximum absolute atomic E-state index is 10.7. The number of nitrogen functional groups attached to an aromatic ring is 1. The summed E-state index contributed by atoms with van der Waals surface area (Å²) in [5, 5.41) is 24.6. The summed E-state index contributed by atoms with van der Waals surface area (Å²) < 4.78 is 11.8. The first-order valence-corrected chi connectivity index (χ1v) is 29.6. The van der Waals surface area contributed by atoms with Crippen molar-refractivity contribution >= 4 is 104 Å². The number of anilines is 2. The number of allylic oxidation sites excluding steroid dienone is 4. The number of hydrazine groups is 2. The van der Waals surface area contributed by atoms with Crippen LogP contribution in [0, 0.1) is 20.2 Å². The molecule has 1 fully saturated rings. The van der Waals surface area contributed by atoms with Crippen LogP contribution in [0.15, 0.2) is 115 Å². The summed E-state index contributed by atoms with van der Waals surface area (Å²) in [6.45, 7) is 41.2. The highest BCUT2D eigenvalue weighted by Gasteiger charge is 2.51. The number of nitrogens with one attached hydrogen (secondary N) is 2. The number of nitro groups is 2. The van der Waals surface area contributed by atoms with E-state index >= 15 is 0 Å². The van der Waals surface area contributed by atoms with E-state index in [0.717, 1.165) is 48.2 Å². The van der Waals surface area contributed by atoms with Crippen molar-refractivity contribution in [1.82, 2.24) is 5.43 Å². The molecule has 0 bridgehead atoms. The second-order valence-corrected chi connectivity index (χ2v) is 19.1. The smallest absolute Gasteiger partial charge is 0.400 e. The monoisotopic (exact) mass is 1240 g/mol. The van der Waals surface area contributed by atoms with Crippen molar-refractivity contribution in [1.29, 1.82) is 0 Å². The molecule has 0 spiro atoms. The largest absolute Gasteiger partial charge is 0.490 e. The van der Waals surface area contributed by atoms with Gasteiger partial charge in [0.05, 0.1) is 26.6 Å². The van der Waals surface area contributed by atoms with Gasteiger partial charge in [0.1, 0.15) is 5.02 Å². The molecule has 470 valence electrons. The van der Waals surface area contributed by atoms with Crippen LogP contribution in [0.3, 0.4) is 0 Å². The molecule has 0 saturated carbocycles. The predicted octanol–water partition coefficient (Wildman–Crippen LogP) is 20.5. The Bertz CT molecular complexity index is 2290. The number of thiocarbonyl (C=S) groups is 2. The van der Waals surface area contributed by atoms with E-state index in [9.17, 15) is 20.2 Å². The van der Waals surface area contributed by atoms with Gasteiger partial charge in [-0.1, -0.05) is 232 Å². The molecule has 10 N–H and O–H groups in total. The standard InChI is InChI=1S/C12H19N3S.C11H21BO2.C11H13NO2.C11H17N.C6H4ClNO2.4C2H6.CCl2S.2CH4.H4N2/c1-3-9(4-2)10-7-5-6-8-11(10)14-12(16)15-13;1-7-9(8-2)12-13-10(3,4)11(5,6)14-12;1-3-9(4-2)10-7-5-6-8-11(10)12(13)14;1-3-9(4-2)10-7-5-6-8-11(10)12;7-5-3-1-2-4-6(5)8(9)10;4*1-2;2-1(3)4;;;1-2/h5-9H,3-4,13H2,1-2H3,(H2,14,15,16);7H,8H2,1-6H3;3,5-8H,4H2,1-2H3;5-9H,3-4,12H2,1-2H3;1-4H;4*1-2H3;;2*1H4;1-2H2/b;9-7+;9-3+;;;;;;;;;;. The third kappa shape index (κ3) is 38.4. The predicted molar refractivity (Wildman–Crippen MR) is 374 cm³/mol. The Morgan fingerprint density at radius 1 is 0.634 bits per heavy atom. The lowest BCUT2D eigenvalue weighted by Gasteiger charge is -2.32. The van der Waals surface area contributed by atoms with Crippen molar-refractivity contribution in [3.8, 4) is 0 Å². The molecule has 1 aliphatic heterocycles. The minimum Gasteiger partial charge on any atom is -0.400 e. The lowest BCUT2D eigenvalue weighted by molar-refractivity contribution is -0.385. The van der Waals surface area contributed by atoms with Gasteiger partial charge in [-0.05, 0) is 151 Å². The third-order valence-electron chi connectivity index (χ3n) is 11.7. The van der Waals surface area contributed by atoms with Gasteiger partial charge < -0.3 is 25.8 Å². The average molecular weight is 1240 g/mol. The summed E-state index contributed by atoms with van der Waals surface area (Å²) >= 11 is 24.1. The van der Waals surface area contributed by atoms with E-state index in [4.69, 9.17) is 67.9 Å². The van der Waals surface area contributed by atoms with Crippen molar-refractivity contribution in [3.63, 3.8) is 0 Å². The van der Waals surface area contributed by atoms with Crippen LogP contribution in [0.25, 0.3) is 5.57 Å². The molecule has 0 amide bonds. The van der Waals surface area contributed by atoms with Gasteiger partial charge in [0, 0.05) is 23.5 Å². The molecule has 20 heteroatoms. The minimum atomic E-state index is -0.512. The fraction of sp³-hybridized carbons (Fsp3) is 0.516. The Hall–Kier alpha value is -4.53. The van der Waals surface area contributed by atoms with E-state index in [1.54, 1.807) is 24.3 Å². The number of nitrogens with zero attached hydrogens (tertiary/aromatic N) is 2. The zero-order chi connectivity index (χ0) is 63.6. The number of nitrogens with two attached hydrogens (primary N) is 4. The Morgan fingerprint density at radius 2 is 1.00 bits per heavy atom. The molecule has 0 aromatic heterocycles. The molecule has 1 saturated heterocycles. The van der Waals surface area contributed by atoms with Crippen molar-refractivity contribution in [2.45, 2.75) is 215 Å². The zero-order valence-corrected chi connectivity index (χ0v) is 55.9. The summed E-state index contributed by atoms with van der Waals surface area (Å²) in [4.78, 5) is 20.0. The van der Waals surface area contributed by atoms with Crippen LogP contribution < -0.4 is 34.0 Å². The molecule has 82 heavy (non-hydrogen) atoms. The first kappa shape index (κ1) is 93.9. The zero-order valence-electron chi connectivity index (χ0n) is 52.0. The molecule has 0 aliphatic carbocycles. The fourth-order valence-corrected chi connectivity index (χ4v) is 7.34. The lowest BCUT2D eigenvalue weighted by Crippen LogP contribution is -2.41. The van der Waals surface area contributed by atoms with E-state index in [1.807, 2.05) is 113 Å². The quantitative estimate of drug-likeness (QED) is 0.0139. The molecule has 4 aromatic rings. The Morgan fingerprint density at radius 3 is 1.34 bits per heavy atom. The van der Waals surface area contributed by atoms with E-state index < -0.39 is 4.92 Å². The molecular weight excluding hydrogens is 1130 g/mol. The second-order valence-electron chi connectivity index (χ2n) is 16.5. The molecule has 5 rings (SSSR count). The number of halogens is 3. The molecule has 0 unspecified atom stereocenters. The van der Waals surface area contributed by atoms with Gasteiger partial charge in [0.25, 0.3) is 11.4 Å². The molecule has 0 radical (unpaired) electrons. The van der Waals surface area contributed by atoms with Gasteiger partial charge >= 0.3 is 7.12 Å². The second kappa shape index (κ2) is 58.3. The van der Waals surface area contributed by atoms with Crippen LogP contribution in [-0.4, -0.2) is 37.1 Å². The van der Waals surface area contributed by atoms with Gasteiger partial charge in [0.2, 0.25) is 0 Å². The van der Waals surface area contributed by atoms with Gasteiger partial charge in [-0.15, -0.1) is 0 Å². The first-order chi connectivity index (χ1) is 38.0. The highest BCUT2D eigenvalue weighted by Crippen LogP contribution is 2.39. The van der Waals surface area contributed by atoms with Crippen molar-refractivity contribution in [2.75, 3.05) is 11.1 Å². The van der Waals surface area contributed by atoms with Gasteiger partial charge in [-0.3, -0.25) is 31.9 Å². The summed E-state index contributed by atoms with van der Waals surface area (Å²) in [6, 6.07) is 29.3. The summed E-state index contributed by atoms with van der Waals surface area (Å²) in [5.41, 5.74) is 15.5. The van der Waals surface area contributed by atoms with Crippen LogP contribution >= 0.6 is 59.2 Å². The number of benzene rings is 4. The Balaban J connectivity index is -0.000000131. The number of rotatable bonds is 13. The van der Waals surface area contributed by atoms with Crippen molar-refractivity contribution in [3.05, 3.63) is 157 Å². The summed E-state index contributed by atoms with van der Waals surface area (Å²) in [7, 11) is -0.157. The van der Waals surface area contributed by atoms with Gasteiger partial charge in [-0.25, -0.2) is 5.84 Å². The maximum atomic E-state index is 10.7. The van der Waals surface area contributed by atoms with Crippen LogP contribution in [0.1, 0.15) is 220 Å². The highest BCUT2D eigenvalue weighted by molar-refractivity contribution is 7.86. The molecule has 1 aliphatic rings. The van der Waals surface area contributed by atoms with Crippen LogP contribution in [0.2, 0.25) is 5.02 Å². The SMILES string of the molecule is C.C.C/C=C(\CC)B1OC(C)(C)C(C)(C)O1.C/C=C(\CC)c1ccccc1[N+](=O)[O-].CC.CC.CC.CC.CCC(CC)c1ccccc1N.CCC(CC)c1ccccc1NC(=S)NN.NN.O=[N+]([O-])c1ccccc1Cl.S=C(Cl)Cl. The molecule has 4 aromatic carbocycles. The van der Waals surface area contributed by atoms with Crippen molar-refractivity contribution < 1.29 is 19.2 Å². The number of hydrogen-bond acceptors (Lipinski definition) is 12. The van der Waals surface area contributed by atoms with E-state index in [-0.39, 0.29) is 58.3 Å². The fourth-order valence-electron chi connectivity index (χ4n) is 7.02. The summed E-state index contributed by atoms with van der Waals surface area (Å²) in [5.74, 6) is 14.4. The van der Waals surface area contributed by atoms with Crippen LogP contribution in [0.5, 0.6) is 0 Å². The number of hydrogen-bond donors (Lipinski definition) is 6. The van der Waals surface area contributed by atoms with Crippen LogP contribution in [0.4, 0.5) is 22.7 Å². The average Bonchev–Trinajstić information content (AvgIpc) is 3.69. The van der Waals surface area contributed by atoms with Gasteiger partial charge in [0.15, 0.2) is 8.90 Å². The van der Waals surface area contributed by atoms with Gasteiger partial charge in [-0.2, -0.15) is 0 Å². The normalized spacial score (nSPS) is 11.7. The first-order valence-electron chi connectivity index (χ1n) is 27.7. The molecule has 1 heterocycles. The van der Waals surface area contributed by atoms with E-state index in [2.05, 4.69) is 127 Å². The topological polar surface area (TPSA) is 233 Å². The van der Waals surface area contributed by atoms with Crippen molar-refractivity contribution in [2.24, 2.45) is 17.5 Å². The van der Waals surface area contributed by atoms with E-state index in [1.165, 1.54) is 47.6 Å². The Kier molecular flexibility index (Phi) is 66.7. The third-order valence-corrected chi connectivity index (χ3v) is 12.3. The number of para-hydroxylation sites is 4. The Labute approximate surface area is 525 Å². The summed E-state index contributed by atoms with van der Waals surface area (Å²) in [6.07, 6.45) is 10.4. The van der Waals surface area contributed by atoms with E-state index in [0.29, 0.717) is 16.9 Å². The lowest BCUT2D eigenvalue weighted by atomic mass is 9.76. The molecular formula is C62H110BCl3N8O6S2.